The number of hydrogen-bond donors (Lipinski definition) is 3. The quantitative estimate of drug-likeness (QED) is 0.0320. The molecule has 0 saturated heterocycles. The van der Waals surface area contributed by atoms with Gasteiger partial charge in [-0.05, 0) is 57.8 Å². The lowest BCUT2D eigenvalue weighted by atomic mass is 10.0. The van der Waals surface area contributed by atoms with Crippen molar-refractivity contribution in [2.75, 3.05) is 13.2 Å². The third kappa shape index (κ3) is 63.4. The van der Waals surface area contributed by atoms with Gasteiger partial charge < -0.3 is 20.3 Å². The molecule has 2 unspecified atom stereocenters. The summed E-state index contributed by atoms with van der Waals surface area (Å²) in [6.07, 6.45) is 83.8. The number of ether oxygens (including phenoxy) is 1. The van der Waals surface area contributed by atoms with Gasteiger partial charge in [-0.25, -0.2) is 0 Å². The summed E-state index contributed by atoms with van der Waals surface area (Å²) in [5.74, 6) is -0.0123. The first-order chi connectivity index (χ1) is 38.0. The molecular weight excluding hydrogens is 947 g/mol. The van der Waals surface area contributed by atoms with Gasteiger partial charge >= 0.3 is 5.97 Å². The first-order valence-corrected chi connectivity index (χ1v) is 35.1. The van der Waals surface area contributed by atoms with Crippen molar-refractivity contribution in [1.82, 2.24) is 5.32 Å². The first kappa shape index (κ1) is 75.3. The minimum atomic E-state index is -0.661. The number of allylic oxidation sites excluding steroid dienone is 4. The second kappa shape index (κ2) is 66.8. The maximum atomic E-state index is 12.5. The van der Waals surface area contributed by atoms with Crippen molar-refractivity contribution in [3.63, 3.8) is 0 Å². The molecule has 456 valence electrons. The summed E-state index contributed by atoms with van der Waals surface area (Å²) in [6, 6.07) is -0.538. The third-order valence-corrected chi connectivity index (χ3v) is 16.5. The molecule has 0 rings (SSSR count). The maximum Gasteiger partial charge on any atom is 0.305 e. The van der Waals surface area contributed by atoms with Gasteiger partial charge in [0.2, 0.25) is 5.91 Å². The summed E-state index contributed by atoms with van der Waals surface area (Å²) in [4.78, 5) is 24.5. The standard InChI is InChI=1S/C71H137NO5/c1-3-5-7-9-11-13-15-40-45-49-53-57-61-65-71(76)77-66-62-58-54-50-46-42-39-37-35-33-31-29-27-25-23-21-19-17-18-20-22-24-26-28-30-32-34-36-38-41-44-48-52-56-60-64-70(75)72-68(67-73)69(74)63-59-55-51-47-43-16-14-12-10-8-6-4-2/h19,21,25,27,68-69,73-74H,3-18,20,22-24,26,28-67H2,1-2H3,(H,72,75)/b21-19-,27-25-. The van der Waals surface area contributed by atoms with E-state index in [9.17, 15) is 19.8 Å². The van der Waals surface area contributed by atoms with Gasteiger partial charge in [0.25, 0.3) is 0 Å². The summed E-state index contributed by atoms with van der Waals surface area (Å²) in [6.45, 7) is 4.98. The van der Waals surface area contributed by atoms with Crippen LogP contribution in [-0.4, -0.2) is 47.4 Å². The molecular formula is C71H137NO5. The number of nitrogens with one attached hydrogen (secondary N) is 1. The van der Waals surface area contributed by atoms with Gasteiger partial charge in [-0.1, -0.05) is 346 Å². The highest BCUT2D eigenvalue weighted by Gasteiger charge is 2.20. The Morgan fingerprint density at radius 2 is 0.649 bits per heavy atom. The van der Waals surface area contributed by atoms with Crippen LogP contribution in [0.3, 0.4) is 0 Å². The van der Waals surface area contributed by atoms with Crippen molar-refractivity contribution in [3.8, 4) is 0 Å². The van der Waals surface area contributed by atoms with E-state index in [4.69, 9.17) is 4.74 Å². The molecule has 6 nitrogen and oxygen atoms in total. The van der Waals surface area contributed by atoms with Crippen molar-refractivity contribution in [2.24, 2.45) is 0 Å². The SMILES string of the molecule is CCCCCCCCCCCCCCCC(=O)OCCCCCCCCCCCCC/C=C\C/C=C\CCCCCCCCCCCCCCCCCCCC(=O)NC(CO)C(O)CCCCCCCCCCCCCC. The Bertz CT molecular complexity index is 1200. The number of aliphatic hydroxyl groups is 2. The summed E-state index contributed by atoms with van der Waals surface area (Å²) in [5.41, 5.74) is 0. The van der Waals surface area contributed by atoms with E-state index >= 15 is 0 Å². The number of amides is 1. The van der Waals surface area contributed by atoms with Crippen LogP contribution in [0.25, 0.3) is 0 Å². The molecule has 0 aliphatic carbocycles. The van der Waals surface area contributed by atoms with Gasteiger partial charge in [0, 0.05) is 12.8 Å². The Kier molecular flexibility index (Phi) is 65.4. The van der Waals surface area contributed by atoms with Gasteiger partial charge in [0.1, 0.15) is 0 Å². The number of rotatable bonds is 66. The largest absolute Gasteiger partial charge is 0.466 e. The van der Waals surface area contributed by atoms with Gasteiger partial charge in [-0.2, -0.15) is 0 Å². The predicted molar refractivity (Wildman–Crippen MR) is 338 cm³/mol. The lowest BCUT2D eigenvalue weighted by molar-refractivity contribution is -0.143. The highest BCUT2D eigenvalue weighted by molar-refractivity contribution is 5.76. The Hall–Kier alpha value is -1.66. The second-order valence-corrected chi connectivity index (χ2v) is 24.2. The Labute approximate surface area is 481 Å². The van der Waals surface area contributed by atoms with E-state index in [1.807, 2.05) is 0 Å². The van der Waals surface area contributed by atoms with Crippen LogP contribution in [0.2, 0.25) is 0 Å². The molecule has 0 radical (unpaired) electrons. The Morgan fingerprint density at radius 1 is 0.364 bits per heavy atom. The van der Waals surface area contributed by atoms with Crippen molar-refractivity contribution in [3.05, 3.63) is 24.3 Å². The van der Waals surface area contributed by atoms with Gasteiger partial charge in [-0.3, -0.25) is 9.59 Å². The minimum absolute atomic E-state index is 0.0188. The molecule has 6 heteroatoms. The van der Waals surface area contributed by atoms with Crippen LogP contribution in [-0.2, 0) is 14.3 Å². The minimum Gasteiger partial charge on any atom is -0.466 e. The molecule has 0 fully saturated rings. The van der Waals surface area contributed by atoms with Crippen molar-refractivity contribution in [1.29, 1.82) is 0 Å². The summed E-state index contributed by atoms with van der Waals surface area (Å²) in [7, 11) is 0. The van der Waals surface area contributed by atoms with E-state index in [1.54, 1.807) is 0 Å². The number of carbonyl (C=O) groups excluding carboxylic acids is 2. The number of unbranched alkanes of at least 4 members (excludes halogenated alkanes) is 51. The molecule has 0 spiro atoms. The zero-order valence-corrected chi connectivity index (χ0v) is 52.2. The molecule has 0 aromatic rings. The summed E-state index contributed by atoms with van der Waals surface area (Å²) >= 11 is 0. The highest BCUT2D eigenvalue weighted by atomic mass is 16.5. The molecule has 0 aliphatic rings. The lowest BCUT2D eigenvalue weighted by Crippen LogP contribution is -2.45. The lowest BCUT2D eigenvalue weighted by Gasteiger charge is -2.22. The van der Waals surface area contributed by atoms with Crippen LogP contribution in [0.4, 0.5) is 0 Å². The number of aliphatic hydroxyl groups excluding tert-OH is 2. The van der Waals surface area contributed by atoms with E-state index in [1.165, 1.54) is 315 Å². The van der Waals surface area contributed by atoms with Crippen LogP contribution in [0.15, 0.2) is 24.3 Å². The molecule has 0 aromatic heterocycles. The molecule has 0 aromatic carbocycles. The first-order valence-electron chi connectivity index (χ1n) is 35.1. The normalized spacial score (nSPS) is 12.6. The third-order valence-electron chi connectivity index (χ3n) is 16.5. The molecule has 2 atom stereocenters. The summed E-state index contributed by atoms with van der Waals surface area (Å²) in [5, 5.41) is 23.3. The number of esters is 1. The van der Waals surface area contributed by atoms with E-state index in [-0.39, 0.29) is 18.5 Å². The smallest absolute Gasteiger partial charge is 0.305 e. The van der Waals surface area contributed by atoms with Crippen LogP contribution < -0.4 is 5.32 Å². The van der Waals surface area contributed by atoms with Crippen LogP contribution in [0.1, 0.15) is 393 Å². The fraction of sp³-hybridized carbons (Fsp3) is 0.915. The van der Waals surface area contributed by atoms with E-state index in [0.29, 0.717) is 25.9 Å². The molecule has 1 amide bonds. The number of carbonyl (C=O) groups is 2. The van der Waals surface area contributed by atoms with Crippen molar-refractivity contribution >= 4 is 11.9 Å². The molecule has 3 N–H and O–H groups in total. The predicted octanol–water partition coefficient (Wildman–Crippen LogP) is 22.5. The van der Waals surface area contributed by atoms with Crippen LogP contribution >= 0.6 is 0 Å². The molecule has 0 bridgehead atoms. The van der Waals surface area contributed by atoms with Gasteiger partial charge in [0.05, 0.1) is 25.4 Å². The van der Waals surface area contributed by atoms with Crippen LogP contribution in [0.5, 0.6) is 0 Å². The molecule has 77 heavy (non-hydrogen) atoms. The monoisotopic (exact) mass is 1080 g/mol. The van der Waals surface area contributed by atoms with E-state index < -0.39 is 12.1 Å². The molecule has 0 heterocycles. The zero-order chi connectivity index (χ0) is 55.7. The van der Waals surface area contributed by atoms with Crippen LogP contribution in [0, 0.1) is 0 Å². The van der Waals surface area contributed by atoms with Crippen molar-refractivity contribution < 1.29 is 24.5 Å². The average molecular weight is 1080 g/mol. The summed E-state index contributed by atoms with van der Waals surface area (Å²) < 4.78 is 5.49. The number of hydrogen-bond acceptors (Lipinski definition) is 5. The topological polar surface area (TPSA) is 95.9 Å². The fourth-order valence-corrected chi connectivity index (χ4v) is 11.1. The second-order valence-electron chi connectivity index (χ2n) is 24.2. The molecule has 0 aliphatic heterocycles. The van der Waals surface area contributed by atoms with Crippen molar-refractivity contribution in [2.45, 2.75) is 405 Å². The average Bonchev–Trinajstić information content (AvgIpc) is 3.43. The maximum absolute atomic E-state index is 12.5. The van der Waals surface area contributed by atoms with E-state index in [0.717, 1.165) is 44.9 Å². The zero-order valence-electron chi connectivity index (χ0n) is 52.2. The Morgan fingerprint density at radius 3 is 0.987 bits per heavy atom. The van der Waals surface area contributed by atoms with Gasteiger partial charge in [0.15, 0.2) is 0 Å². The van der Waals surface area contributed by atoms with E-state index in [2.05, 4.69) is 43.5 Å². The molecule has 0 saturated carbocycles. The Balaban J connectivity index is 3.35. The van der Waals surface area contributed by atoms with Gasteiger partial charge in [-0.15, -0.1) is 0 Å². The fourth-order valence-electron chi connectivity index (χ4n) is 11.1. The highest BCUT2D eigenvalue weighted by Crippen LogP contribution is 2.19.